The lowest BCUT2D eigenvalue weighted by molar-refractivity contribution is -0.133. The first kappa shape index (κ1) is 23.3. The molecule has 1 N–H and O–H groups in total. The average molecular weight is 459 g/mol. The van der Waals surface area contributed by atoms with Crippen LogP contribution in [-0.4, -0.2) is 53.3 Å². The van der Waals surface area contributed by atoms with Crippen molar-refractivity contribution in [2.45, 2.75) is 26.4 Å². The van der Waals surface area contributed by atoms with E-state index in [4.69, 9.17) is 4.74 Å². The Morgan fingerprint density at radius 1 is 1.12 bits per heavy atom. The highest BCUT2D eigenvalue weighted by Crippen LogP contribution is 2.28. The fourth-order valence-corrected chi connectivity index (χ4v) is 4.28. The van der Waals surface area contributed by atoms with E-state index in [0.29, 0.717) is 31.7 Å². The van der Waals surface area contributed by atoms with Crippen molar-refractivity contribution in [1.29, 1.82) is 0 Å². The summed E-state index contributed by atoms with van der Waals surface area (Å²) in [4.78, 5) is 33.6. The van der Waals surface area contributed by atoms with Gasteiger partial charge in [0.1, 0.15) is 5.75 Å². The summed E-state index contributed by atoms with van der Waals surface area (Å²) in [6, 6.07) is 17.1. The van der Waals surface area contributed by atoms with Crippen LogP contribution in [0, 0.1) is 6.92 Å². The number of nitrogens with zero attached hydrogens (tertiary/aromatic N) is 3. The molecule has 2 aromatic carbocycles. The maximum absolute atomic E-state index is 13.5. The number of anilines is 1. The van der Waals surface area contributed by atoms with Gasteiger partial charge in [0.2, 0.25) is 5.91 Å². The lowest BCUT2D eigenvalue weighted by Gasteiger charge is -2.41. The van der Waals surface area contributed by atoms with Gasteiger partial charge in [0.25, 0.3) is 5.91 Å². The molecule has 1 fully saturated rings. The standard InChI is InChI=1S/C27H30N4O3/c1-19-6-7-23(15-25(19)29-17-21-5-4-12-28-16-21)27(33)30-13-14-31(20(2)32)26(18-30)22-8-10-24(34-3)11-9-22/h4-12,15-16,26,29H,13-14,17-18H2,1-3H3. The molecule has 1 aliphatic rings. The largest absolute Gasteiger partial charge is 0.497 e. The third kappa shape index (κ3) is 5.20. The van der Waals surface area contributed by atoms with E-state index < -0.39 is 0 Å². The van der Waals surface area contributed by atoms with Crippen LogP contribution in [0.5, 0.6) is 5.75 Å². The van der Waals surface area contributed by atoms with Gasteiger partial charge in [0.15, 0.2) is 0 Å². The van der Waals surface area contributed by atoms with Crippen molar-refractivity contribution >= 4 is 17.5 Å². The zero-order chi connectivity index (χ0) is 24.1. The Labute approximate surface area is 200 Å². The summed E-state index contributed by atoms with van der Waals surface area (Å²) in [5.74, 6) is 0.726. The first-order chi connectivity index (χ1) is 16.5. The van der Waals surface area contributed by atoms with Gasteiger partial charge in [-0.2, -0.15) is 0 Å². The minimum Gasteiger partial charge on any atom is -0.497 e. The van der Waals surface area contributed by atoms with E-state index in [1.807, 2.05) is 77.5 Å². The molecular formula is C27H30N4O3. The van der Waals surface area contributed by atoms with Crippen LogP contribution in [0.15, 0.2) is 67.0 Å². The van der Waals surface area contributed by atoms with Crippen LogP contribution in [0.2, 0.25) is 0 Å². The maximum atomic E-state index is 13.5. The lowest BCUT2D eigenvalue weighted by Crippen LogP contribution is -2.51. The van der Waals surface area contributed by atoms with Crippen LogP contribution in [0.3, 0.4) is 0 Å². The Bertz CT molecular complexity index is 1150. The molecule has 1 saturated heterocycles. The molecule has 7 nitrogen and oxygen atoms in total. The molecule has 1 aromatic heterocycles. The summed E-state index contributed by atoms with van der Waals surface area (Å²) in [7, 11) is 1.62. The van der Waals surface area contributed by atoms with Gasteiger partial charge >= 0.3 is 0 Å². The summed E-state index contributed by atoms with van der Waals surface area (Å²) in [6.45, 7) is 5.66. The second kappa shape index (κ2) is 10.4. The van der Waals surface area contributed by atoms with E-state index >= 15 is 0 Å². The number of nitrogens with one attached hydrogen (secondary N) is 1. The van der Waals surface area contributed by atoms with Gasteiger partial charge in [0, 0.05) is 56.7 Å². The number of methoxy groups -OCH3 is 1. The Morgan fingerprint density at radius 3 is 2.59 bits per heavy atom. The van der Waals surface area contributed by atoms with E-state index in [2.05, 4.69) is 10.3 Å². The number of amides is 2. The third-order valence-corrected chi connectivity index (χ3v) is 6.26. The van der Waals surface area contributed by atoms with Gasteiger partial charge in [-0.15, -0.1) is 0 Å². The molecule has 2 amide bonds. The number of benzene rings is 2. The highest BCUT2D eigenvalue weighted by molar-refractivity contribution is 5.95. The van der Waals surface area contributed by atoms with Crippen LogP contribution >= 0.6 is 0 Å². The van der Waals surface area contributed by atoms with Crippen LogP contribution in [0.25, 0.3) is 0 Å². The number of piperazine rings is 1. The predicted octanol–water partition coefficient (Wildman–Crippen LogP) is 4.06. The highest BCUT2D eigenvalue weighted by Gasteiger charge is 2.32. The first-order valence-electron chi connectivity index (χ1n) is 11.4. The van der Waals surface area contributed by atoms with E-state index in [9.17, 15) is 9.59 Å². The number of carbonyl (C=O) groups is 2. The molecule has 0 saturated carbocycles. The summed E-state index contributed by atoms with van der Waals surface area (Å²) >= 11 is 0. The van der Waals surface area contributed by atoms with E-state index in [1.165, 1.54) is 0 Å². The van der Waals surface area contributed by atoms with Crippen LogP contribution in [-0.2, 0) is 11.3 Å². The Balaban J connectivity index is 1.52. The molecule has 1 atom stereocenters. The first-order valence-corrected chi connectivity index (χ1v) is 11.4. The van der Waals surface area contributed by atoms with Crippen molar-refractivity contribution in [3.05, 3.63) is 89.2 Å². The lowest BCUT2D eigenvalue weighted by atomic mass is 10.0. The van der Waals surface area contributed by atoms with E-state index in [-0.39, 0.29) is 17.9 Å². The zero-order valence-corrected chi connectivity index (χ0v) is 19.8. The molecule has 0 radical (unpaired) electrons. The van der Waals surface area contributed by atoms with E-state index in [1.54, 1.807) is 20.2 Å². The summed E-state index contributed by atoms with van der Waals surface area (Å²) < 4.78 is 5.26. The molecule has 7 heteroatoms. The smallest absolute Gasteiger partial charge is 0.254 e. The van der Waals surface area contributed by atoms with Gasteiger partial charge in [-0.05, 0) is 53.9 Å². The number of pyridine rings is 1. The second-order valence-corrected chi connectivity index (χ2v) is 8.50. The van der Waals surface area contributed by atoms with Crippen molar-refractivity contribution in [1.82, 2.24) is 14.8 Å². The summed E-state index contributed by atoms with van der Waals surface area (Å²) in [5.41, 5.74) is 4.67. The molecule has 0 aliphatic carbocycles. The molecule has 1 aliphatic heterocycles. The molecule has 2 heterocycles. The van der Waals surface area contributed by atoms with Crippen LogP contribution in [0.4, 0.5) is 5.69 Å². The van der Waals surface area contributed by atoms with Crippen LogP contribution in [0.1, 0.15) is 40.0 Å². The number of hydrogen-bond acceptors (Lipinski definition) is 5. The molecule has 0 bridgehead atoms. The molecule has 1 unspecified atom stereocenters. The molecule has 176 valence electrons. The normalized spacial score (nSPS) is 15.7. The number of carbonyl (C=O) groups excluding carboxylic acids is 2. The Hall–Kier alpha value is -3.87. The van der Waals surface area contributed by atoms with Crippen LogP contribution < -0.4 is 10.1 Å². The maximum Gasteiger partial charge on any atom is 0.254 e. The van der Waals surface area contributed by atoms with Gasteiger partial charge in [-0.1, -0.05) is 24.3 Å². The minimum atomic E-state index is -0.199. The molecule has 4 rings (SSSR count). The molecule has 3 aromatic rings. The summed E-state index contributed by atoms with van der Waals surface area (Å²) in [6.07, 6.45) is 3.57. The van der Waals surface area contributed by atoms with Crippen molar-refractivity contribution < 1.29 is 14.3 Å². The van der Waals surface area contributed by atoms with Crippen molar-refractivity contribution in [3.63, 3.8) is 0 Å². The zero-order valence-electron chi connectivity index (χ0n) is 19.8. The molecular weight excluding hydrogens is 428 g/mol. The number of aryl methyl sites for hydroxylation is 1. The number of ether oxygens (including phenoxy) is 1. The Kier molecular flexibility index (Phi) is 7.11. The predicted molar refractivity (Wildman–Crippen MR) is 132 cm³/mol. The average Bonchev–Trinajstić information content (AvgIpc) is 2.88. The van der Waals surface area contributed by atoms with E-state index in [0.717, 1.165) is 28.1 Å². The van der Waals surface area contributed by atoms with Gasteiger partial charge < -0.3 is 19.9 Å². The summed E-state index contributed by atoms with van der Waals surface area (Å²) in [5, 5.41) is 3.42. The fraction of sp³-hybridized carbons (Fsp3) is 0.296. The molecule has 34 heavy (non-hydrogen) atoms. The van der Waals surface area contributed by atoms with Crippen molar-refractivity contribution in [2.24, 2.45) is 0 Å². The quantitative estimate of drug-likeness (QED) is 0.603. The highest BCUT2D eigenvalue weighted by atomic mass is 16.5. The van der Waals surface area contributed by atoms with Gasteiger partial charge in [-0.25, -0.2) is 0 Å². The Morgan fingerprint density at radius 2 is 1.91 bits per heavy atom. The molecule has 0 spiro atoms. The van der Waals surface area contributed by atoms with Gasteiger partial charge in [0.05, 0.1) is 13.2 Å². The van der Waals surface area contributed by atoms with Crippen molar-refractivity contribution in [3.8, 4) is 5.75 Å². The monoisotopic (exact) mass is 458 g/mol. The second-order valence-electron chi connectivity index (χ2n) is 8.50. The SMILES string of the molecule is COc1ccc(C2CN(C(=O)c3ccc(C)c(NCc4cccnc4)c3)CCN2C(C)=O)cc1. The minimum absolute atomic E-state index is 0.00476. The fourth-order valence-electron chi connectivity index (χ4n) is 4.28. The number of rotatable bonds is 6. The van der Waals surface area contributed by atoms with Gasteiger partial charge in [-0.3, -0.25) is 14.6 Å². The van der Waals surface area contributed by atoms with Crippen molar-refractivity contribution in [2.75, 3.05) is 32.1 Å². The number of aromatic nitrogens is 1. The third-order valence-electron chi connectivity index (χ3n) is 6.26. The topological polar surface area (TPSA) is 74.8 Å². The number of hydrogen-bond donors (Lipinski definition) is 1.